The first-order chi connectivity index (χ1) is 9.31. The van der Waals surface area contributed by atoms with Gasteiger partial charge >= 0.3 is 0 Å². The minimum absolute atomic E-state index is 0.334. The van der Waals surface area contributed by atoms with E-state index < -0.39 is 0 Å². The predicted octanol–water partition coefficient (Wildman–Crippen LogP) is 3.47. The van der Waals surface area contributed by atoms with Crippen molar-refractivity contribution >= 4 is 0 Å². The molecule has 1 atom stereocenters. The second kappa shape index (κ2) is 5.96. The van der Waals surface area contributed by atoms with E-state index in [-0.39, 0.29) is 0 Å². The standard InChI is InChI=1S/C17H25NO/c1-13-6-7-17-15(10-13)11-16(19-17)12-18-9-8-14-4-2-3-5-14/h6-7,10,14,16,18H,2-5,8-9,11-12H2,1H3. The molecule has 0 radical (unpaired) electrons. The summed E-state index contributed by atoms with van der Waals surface area (Å²) in [5, 5.41) is 3.58. The first-order valence-electron chi connectivity index (χ1n) is 7.78. The van der Waals surface area contributed by atoms with E-state index in [0.29, 0.717) is 6.10 Å². The Bertz CT molecular complexity index is 423. The van der Waals surface area contributed by atoms with Crippen LogP contribution in [0.5, 0.6) is 5.75 Å². The monoisotopic (exact) mass is 259 g/mol. The highest BCUT2D eigenvalue weighted by atomic mass is 16.5. The summed E-state index contributed by atoms with van der Waals surface area (Å²) < 4.78 is 5.97. The number of fused-ring (bicyclic) bond motifs is 1. The van der Waals surface area contributed by atoms with Gasteiger partial charge in [0.05, 0.1) is 0 Å². The van der Waals surface area contributed by atoms with Gasteiger partial charge in [-0.2, -0.15) is 0 Å². The molecule has 2 nitrogen and oxygen atoms in total. The fraction of sp³-hybridized carbons (Fsp3) is 0.647. The van der Waals surface area contributed by atoms with Crippen molar-refractivity contribution in [1.29, 1.82) is 0 Å². The van der Waals surface area contributed by atoms with E-state index in [1.54, 1.807) is 0 Å². The van der Waals surface area contributed by atoms with Gasteiger partial charge in [0.1, 0.15) is 11.9 Å². The summed E-state index contributed by atoms with van der Waals surface area (Å²) in [6, 6.07) is 6.51. The molecule has 0 bridgehead atoms. The third-order valence-corrected chi connectivity index (χ3v) is 4.53. The number of hydrogen-bond donors (Lipinski definition) is 1. The van der Waals surface area contributed by atoms with Crippen LogP contribution < -0.4 is 10.1 Å². The maximum atomic E-state index is 5.97. The summed E-state index contributed by atoms with van der Waals surface area (Å²) in [7, 11) is 0. The number of nitrogens with one attached hydrogen (secondary N) is 1. The van der Waals surface area contributed by atoms with Crippen LogP contribution in [-0.4, -0.2) is 19.2 Å². The largest absolute Gasteiger partial charge is 0.488 e. The van der Waals surface area contributed by atoms with Gasteiger partial charge in [0.15, 0.2) is 0 Å². The van der Waals surface area contributed by atoms with Crippen LogP contribution in [0.4, 0.5) is 0 Å². The fourth-order valence-corrected chi connectivity index (χ4v) is 3.43. The average molecular weight is 259 g/mol. The molecule has 1 fully saturated rings. The maximum Gasteiger partial charge on any atom is 0.123 e. The van der Waals surface area contributed by atoms with Crippen LogP contribution in [0.1, 0.15) is 43.2 Å². The Balaban J connectivity index is 1.38. The second-order valence-electron chi connectivity index (χ2n) is 6.20. The van der Waals surface area contributed by atoms with Gasteiger partial charge in [0.2, 0.25) is 0 Å². The smallest absolute Gasteiger partial charge is 0.123 e. The van der Waals surface area contributed by atoms with E-state index in [2.05, 4.69) is 30.4 Å². The van der Waals surface area contributed by atoms with Gasteiger partial charge in [-0.15, -0.1) is 0 Å². The van der Waals surface area contributed by atoms with Crippen molar-refractivity contribution in [2.45, 2.75) is 51.6 Å². The second-order valence-corrected chi connectivity index (χ2v) is 6.20. The lowest BCUT2D eigenvalue weighted by molar-refractivity contribution is 0.226. The van der Waals surface area contributed by atoms with E-state index >= 15 is 0 Å². The molecular formula is C17H25NO. The number of ether oxygens (including phenoxy) is 1. The van der Waals surface area contributed by atoms with Gasteiger partial charge in [-0.25, -0.2) is 0 Å². The van der Waals surface area contributed by atoms with Crippen molar-refractivity contribution in [3.05, 3.63) is 29.3 Å². The van der Waals surface area contributed by atoms with E-state index in [0.717, 1.165) is 31.2 Å². The highest BCUT2D eigenvalue weighted by molar-refractivity contribution is 5.40. The lowest BCUT2D eigenvalue weighted by atomic mass is 10.0. The average Bonchev–Trinajstić information content (AvgIpc) is 3.02. The summed E-state index contributed by atoms with van der Waals surface area (Å²) in [6.45, 7) is 4.29. The molecule has 2 heteroatoms. The summed E-state index contributed by atoms with van der Waals surface area (Å²) in [5.41, 5.74) is 2.71. The minimum Gasteiger partial charge on any atom is -0.488 e. The quantitative estimate of drug-likeness (QED) is 0.818. The van der Waals surface area contributed by atoms with Gasteiger partial charge in [0.25, 0.3) is 0 Å². The zero-order valence-corrected chi connectivity index (χ0v) is 12.0. The Kier molecular flexibility index (Phi) is 4.07. The molecule has 2 aliphatic rings. The van der Waals surface area contributed by atoms with Gasteiger partial charge in [-0.3, -0.25) is 0 Å². The minimum atomic E-state index is 0.334. The van der Waals surface area contributed by atoms with E-state index in [4.69, 9.17) is 4.74 Å². The molecule has 3 rings (SSSR count). The van der Waals surface area contributed by atoms with Crippen LogP contribution in [0, 0.1) is 12.8 Å². The molecule has 0 aromatic heterocycles. The molecule has 1 aliphatic carbocycles. The molecule has 1 N–H and O–H groups in total. The fourth-order valence-electron chi connectivity index (χ4n) is 3.43. The zero-order valence-electron chi connectivity index (χ0n) is 12.0. The van der Waals surface area contributed by atoms with E-state index in [9.17, 15) is 0 Å². The van der Waals surface area contributed by atoms with Crippen molar-refractivity contribution in [2.75, 3.05) is 13.1 Å². The van der Waals surface area contributed by atoms with E-state index in [1.807, 2.05) is 0 Å². The molecule has 104 valence electrons. The Hall–Kier alpha value is -1.02. The summed E-state index contributed by atoms with van der Waals surface area (Å²) >= 11 is 0. The van der Waals surface area contributed by atoms with Crippen LogP contribution in [0.3, 0.4) is 0 Å². The van der Waals surface area contributed by atoms with Crippen LogP contribution in [0.25, 0.3) is 0 Å². The third-order valence-electron chi connectivity index (χ3n) is 4.53. The van der Waals surface area contributed by atoms with Crippen molar-refractivity contribution in [2.24, 2.45) is 5.92 Å². The zero-order chi connectivity index (χ0) is 13.1. The molecule has 1 aliphatic heterocycles. The van der Waals surface area contributed by atoms with Gasteiger partial charge in [-0.1, -0.05) is 43.4 Å². The molecule has 19 heavy (non-hydrogen) atoms. The van der Waals surface area contributed by atoms with Gasteiger partial charge in [-0.05, 0) is 37.4 Å². The Morgan fingerprint density at radius 1 is 1.26 bits per heavy atom. The summed E-state index contributed by atoms with van der Waals surface area (Å²) in [6.07, 6.45) is 8.54. The number of hydrogen-bond acceptors (Lipinski definition) is 2. The van der Waals surface area contributed by atoms with Crippen LogP contribution >= 0.6 is 0 Å². The number of benzene rings is 1. The van der Waals surface area contributed by atoms with Crippen molar-refractivity contribution in [3.8, 4) is 5.75 Å². The van der Waals surface area contributed by atoms with Gasteiger partial charge < -0.3 is 10.1 Å². The lowest BCUT2D eigenvalue weighted by Crippen LogP contribution is -2.31. The van der Waals surface area contributed by atoms with Crippen molar-refractivity contribution in [1.82, 2.24) is 5.32 Å². The molecule has 0 spiro atoms. The molecule has 1 saturated carbocycles. The maximum absolute atomic E-state index is 5.97. The summed E-state index contributed by atoms with van der Waals surface area (Å²) in [4.78, 5) is 0. The Morgan fingerprint density at radius 2 is 2.11 bits per heavy atom. The first kappa shape index (κ1) is 13.0. The van der Waals surface area contributed by atoms with Crippen molar-refractivity contribution in [3.63, 3.8) is 0 Å². The summed E-state index contributed by atoms with van der Waals surface area (Å²) in [5.74, 6) is 2.07. The molecule has 1 heterocycles. The Morgan fingerprint density at radius 3 is 2.95 bits per heavy atom. The molecule has 1 unspecified atom stereocenters. The van der Waals surface area contributed by atoms with Crippen molar-refractivity contribution < 1.29 is 4.74 Å². The predicted molar refractivity (Wildman–Crippen MR) is 78.7 cm³/mol. The lowest BCUT2D eigenvalue weighted by Gasteiger charge is -2.13. The highest BCUT2D eigenvalue weighted by Crippen LogP contribution is 2.29. The van der Waals surface area contributed by atoms with Crippen LogP contribution in [0.15, 0.2) is 18.2 Å². The normalized spacial score (nSPS) is 22.5. The molecular weight excluding hydrogens is 234 g/mol. The highest BCUT2D eigenvalue weighted by Gasteiger charge is 2.22. The SMILES string of the molecule is Cc1ccc2c(c1)CC(CNCCC1CCCC1)O2. The van der Waals surface area contributed by atoms with Gasteiger partial charge in [0, 0.05) is 13.0 Å². The topological polar surface area (TPSA) is 21.3 Å². The third kappa shape index (κ3) is 3.30. The van der Waals surface area contributed by atoms with Crippen LogP contribution in [0.2, 0.25) is 0 Å². The Labute approximate surface area is 116 Å². The number of rotatable bonds is 5. The molecule has 1 aromatic rings. The molecule has 0 amide bonds. The molecule has 0 saturated heterocycles. The first-order valence-corrected chi connectivity index (χ1v) is 7.78. The number of aryl methyl sites for hydroxylation is 1. The molecule has 1 aromatic carbocycles. The van der Waals surface area contributed by atoms with Crippen LogP contribution in [-0.2, 0) is 6.42 Å². The van der Waals surface area contributed by atoms with E-state index in [1.165, 1.54) is 43.2 Å².